The summed E-state index contributed by atoms with van der Waals surface area (Å²) in [6, 6.07) is 0.532. The van der Waals surface area contributed by atoms with E-state index in [4.69, 9.17) is 4.74 Å². The summed E-state index contributed by atoms with van der Waals surface area (Å²) in [5.74, 6) is 0.837. The molecule has 2 aliphatic rings. The predicted molar refractivity (Wildman–Crippen MR) is 98.7 cm³/mol. The van der Waals surface area contributed by atoms with Gasteiger partial charge >= 0.3 is 0 Å². The number of ether oxygens (including phenoxy) is 1. The third-order valence-corrected chi connectivity index (χ3v) is 3.83. The quantitative estimate of drug-likeness (QED) is 0.342. The van der Waals surface area contributed by atoms with Crippen LogP contribution in [0.25, 0.3) is 0 Å². The predicted octanol–water partition coefficient (Wildman–Crippen LogP) is 1.39. The molecule has 0 aromatic heterocycles. The number of guanidine groups is 1. The highest BCUT2D eigenvalue weighted by molar-refractivity contribution is 14.0. The lowest BCUT2D eigenvalue weighted by Gasteiger charge is -2.22. The van der Waals surface area contributed by atoms with E-state index in [2.05, 4.69) is 20.9 Å². The second-order valence-electron chi connectivity index (χ2n) is 6.09. The zero-order chi connectivity index (χ0) is 15.2. The van der Waals surface area contributed by atoms with Crippen molar-refractivity contribution in [1.82, 2.24) is 16.0 Å². The molecule has 2 bridgehead atoms. The van der Waals surface area contributed by atoms with Gasteiger partial charge in [-0.1, -0.05) is 0 Å². The van der Waals surface area contributed by atoms with Gasteiger partial charge in [0.05, 0.1) is 24.8 Å². The highest BCUT2D eigenvalue weighted by Crippen LogP contribution is 2.34. The van der Waals surface area contributed by atoms with Crippen LogP contribution in [0.4, 0.5) is 0 Å². The summed E-state index contributed by atoms with van der Waals surface area (Å²) in [7, 11) is 0. The summed E-state index contributed by atoms with van der Waals surface area (Å²) in [6.45, 7) is 7.27. The van der Waals surface area contributed by atoms with E-state index in [0.717, 1.165) is 25.3 Å². The van der Waals surface area contributed by atoms with Crippen molar-refractivity contribution in [2.75, 3.05) is 13.1 Å². The summed E-state index contributed by atoms with van der Waals surface area (Å²) in [4.78, 5) is 16.1. The molecular formula is C15H29IN4O2. The zero-order valence-corrected chi connectivity index (χ0v) is 16.1. The Kier molecular flexibility index (Phi) is 8.45. The summed E-state index contributed by atoms with van der Waals surface area (Å²) in [6.07, 6.45) is 4.55. The Labute approximate surface area is 150 Å². The molecule has 2 saturated heterocycles. The van der Waals surface area contributed by atoms with E-state index in [9.17, 15) is 4.79 Å². The van der Waals surface area contributed by atoms with Crippen LogP contribution >= 0.6 is 24.0 Å². The summed E-state index contributed by atoms with van der Waals surface area (Å²) in [5.41, 5.74) is 0. The normalized spacial score (nSPS) is 26.7. The molecule has 7 heteroatoms. The van der Waals surface area contributed by atoms with E-state index in [1.807, 2.05) is 20.8 Å². The van der Waals surface area contributed by atoms with Gasteiger partial charge in [-0.05, 0) is 40.0 Å². The van der Waals surface area contributed by atoms with Crippen molar-refractivity contribution in [2.24, 2.45) is 4.99 Å². The molecule has 128 valence electrons. The van der Waals surface area contributed by atoms with Crippen molar-refractivity contribution >= 4 is 35.8 Å². The standard InChI is InChI=1S/C15H28N4O2.HI/c1-4-16-15(17-8-7-14(20)18-10(2)3)19-12-9-11-5-6-13(12)21-11;/h10-13H,4-9H2,1-3H3,(H,18,20)(H2,16,17,19);1H. The van der Waals surface area contributed by atoms with Crippen LogP contribution in [0.3, 0.4) is 0 Å². The maximum absolute atomic E-state index is 11.6. The second-order valence-corrected chi connectivity index (χ2v) is 6.09. The van der Waals surface area contributed by atoms with Crippen molar-refractivity contribution in [2.45, 2.75) is 70.7 Å². The number of carbonyl (C=O) groups is 1. The van der Waals surface area contributed by atoms with E-state index < -0.39 is 0 Å². The van der Waals surface area contributed by atoms with Crippen molar-refractivity contribution in [3.05, 3.63) is 0 Å². The topological polar surface area (TPSA) is 74.8 Å². The largest absolute Gasteiger partial charge is 0.373 e. The lowest BCUT2D eigenvalue weighted by molar-refractivity contribution is -0.121. The Morgan fingerprint density at radius 1 is 1.36 bits per heavy atom. The number of fused-ring (bicyclic) bond motifs is 2. The van der Waals surface area contributed by atoms with Crippen molar-refractivity contribution in [3.8, 4) is 0 Å². The van der Waals surface area contributed by atoms with Crippen LogP contribution in [0.5, 0.6) is 0 Å². The molecule has 6 nitrogen and oxygen atoms in total. The molecule has 2 heterocycles. The second kappa shape index (κ2) is 9.54. The molecule has 3 N–H and O–H groups in total. The van der Waals surface area contributed by atoms with Crippen LogP contribution in [0.2, 0.25) is 0 Å². The van der Waals surface area contributed by atoms with Gasteiger partial charge in [-0.3, -0.25) is 9.79 Å². The van der Waals surface area contributed by atoms with Crippen molar-refractivity contribution in [1.29, 1.82) is 0 Å². The smallest absolute Gasteiger partial charge is 0.222 e. The Balaban J connectivity index is 0.00000242. The van der Waals surface area contributed by atoms with E-state index in [0.29, 0.717) is 31.2 Å². The Morgan fingerprint density at radius 2 is 2.14 bits per heavy atom. The van der Waals surface area contributed by atoms with E-state index in [1.165, 1.54) is 6.42 Å². The maximum atomic E-state index is 11.6. The summed E-state index contributed by atoms with van der Waals surface area (Å²) < 4.78 is 5.84. The number of nitrogens with zero attached hydrogens (tertiary/aromatic N) is 1. The number of amides is 1. The molecule has 1 amide bonds. The van der Waals surface area contributed by atoms with Crippen LogP contribution in [-0.2, 0) is 9.53 Å². The van der Waals surface area contributed by atoms with Crippen LogP contribution in [-0.4, -0.2) is 49.2 Å². The van der Waals surface area contributed by atoms with Gasteiger partial charge in [0.25, 0.3) is 0 Å². The third-order valence-electron chi connectivity index (χ3n) is 3.83. The first kappa shape index (κ1) is 19.5. The summed E-state index contributed by atoms with van der Waals surface area (Å²) in [5, 5.41) is 9.55. The molecule has 0 aromatic carbocycles. The molecule has 3 atom stereocenters. The van der Waals surface area contributed by atoms with Gasteiger partial charge in [0.1, 0.15) is 0 Å². The SMILES string of the molecule is CCNC(=NCCC(=O)NC(C)C)NC1CC2CCC1O2.I. The molecule has 22 heavy (non-hydrogen) atoms. The fourth-order valence-electron chi connectivity index (χ4n) is 2.95. The van der Waals surface area contributed by atoms with E-state index >= 15 is 0 Å². The van der Waals surface area contributed by atoms with Crippen LogP contribution < -0.4 is 16.0 Å². The number of aliphatic imine (C=N–C) groups is 1. The molecule has 0 saturated carbocycles. The minimum Gasteiger partial charge on any atom is -0.373 e. The van der Waals surface area contributed by atoms with Crippen LogP contribution in [0.15, 0.2) is 4.99 Å². The average Bonchev–Trinajstić information content (AvgIpc) is 3.00. The van der Waals surface area contributed by atoms with Gasteiger partial charge in [0.15, 0.2) is 5.96 Å². The fourth-order valence-corrected chi connectivity index (χ4v) is 2.95. The molecule has 0 aliphatic carbocycles. The lowest BCUT2D eigenvalue weighted by Crippen LogP contribution is -2.47. The first-order chi connectivity index (χ1) is 10.1. The molecule has 2 fully saturated rings. The van der Waals surface area contributed by atoms with Crippen LogP contribution in [0.1, 0.15) is 46.5 Å². The van der Waals surface area contributed by atoms with Crippen molar-refractivity contribution < 1.29 is 9.53 Å². The van der Waals surface area contributed by atoms with Gasteiger partial charge < -0.3 is 20.7 Å². The van der Waals surface area contributed by atoms with Gasteiger partial charge in [-0.25, -0.2) is 0 Å². The van der Waals surface area contributed by atoms with Gasteiger partial charge in [0, 0.05) is 19.0 Å². The first-order valence-corrected chi connectivity index (χ1v) is 8.08. The molecule has 3 unspecified atom stereocenters. The Morgan fingerprint density at radius 3 is 2.68 bits per heavy atom. The molecule has 0 radical (unpaired) electrons. The van der Waals surface area contributed by atoms with Gasteiger partial charge in [-0.15, -0.1) is 24.0 Å². The molecule has 2 aliphatic heterocycles. The Bertz CT molecular complexity index is 390. The summed E-state index contributed by atoms with van der Waals surface area (Å²) >= 11 is 0. The highest BCUT2D eigenvalue weighted by atomic mass is 127. The van der Waals surface area contributed by atoms with Gasteiger partial charge in [0.2, 0.25) is 5.91 Å². The first-order valence-electron chi connectivity index (χ1n) is 8.08. The molecule has 2 rings (SSSR count). The number of halogens is 1. The highest BCUT2D eigenvalue weighted by Gasteiger charge is 2.41. The molecule has 0 spiro atoms. The van der Waals surface area contributed by atoms with Gasteiger partial charge in [-0.2, -0.15) is 0 Å². The molecule has 0 aromatic rings. The molecular weight excluding hydrogens is 395 g/mol. The number of rotatable bonds is 6. The monoisotopic (exact) mass is 424 g/mol. The fraction of sp³-hybridized carbons (Fsp3) is 0.867. The Hall–Kier alpha value is -0.570. The number of hydrogen-bond acceptors (Lipinski definition) is 3. The van der Waals surface area contributed by atoms with Crippen molar-refractivity contribution in [3.63, 3.8) is 0 Å². The number of nitrogens with one attached hydrogen (secondary N) is 3. The maximum Gasteiger partial charge on any atom is 0.222 e. The van der Waals surface area contributed by atoms with E-state index in [1.54, 1.807) is 0 Å². The average molecular weight is 424 g/mol. The minimum atomic E-state index is 0. The third kappa shape index (κ3) is 5.91. The lowest BCUT2D eigenvalue weighted by atomic mass is 9.96. The van der Waals surface area contributed by atoms with E-state index in [-0.39, 0.29) is 35.9 Å². The van der Waals surface area contributed by atoms with Crippen LogP contribution in [0, 0.1) is 0 Å². The minimum absolute atomic E-state index is 0. The number of carbonyl (C=O) groups excluding carboxylic acids is 1. The zero-order valence-electron chi connectivity index (χ0n) is 13.7. The number of hydrogen-bond donors (Lipinski definition) is 3.